The fraction of sp³-hybridized carbons (Fsp3) is 0.923. The Balaban J connectivity index is 4.41. The Morgan fingerprint density at radius 2 is 1.83 bits per heavy atom. The predicted molar refractivity (Wildman–Crippen MR) is 79.0 cm³/mol. The van der Waals surface area contributed by atoms with Crippen molar-refractivity contribution in [2.24, 2.45) is 0 Å². The van der Waals surface area contributed by atoms with Gasteiger partial charge in [0.25, 0.3) is 0 Å². The van der Waals surface area contributed by atoms with Crippen molar-refractivity contribution in [1.29, 1.82) is 0 Å². The molecule has 0 rings (SSSR count). The van der Waals surface area contributed by atoms with Gasteiger partial charge in [0.1, 0.15) is 0 Å². The summed E-state index contributed by atoms with van der Waals surface area (Å²) in [6.07, 6.45) is 1.93. The predicted octanol–water partition coefficient (Wildman–Crippen LogP) is 1.29. The second kappa shape index (κ2) is 8.02. The zero-order valence-electron chi connectivity index (χ0n) is 12.6. The third-order valence-electron chi connectivity index (χ3n) is 3.23. The largest absolute Gasteiger partial charge is 0.395 e. The van der Waals surface area contributed by atoms with E-state index in [-0.39, 0.29) is 23.3 Å². The molecule has 1 unspecified atom stereocenters. The SMILES string of the molecule is CSC(C)C(=O)N(CCO)CCN(C)C(C)(C)C. The summed E-state index contributed by atoms with van der Waals surface area (Å²) in [5.41, 5.74) is 0.0963. The van der Waals surface area contributed by atoms with Crippen LogP contribution < -0.4 is 0 Å². The van der Waals surface area contributed by atoms with Crippen molar-refractivity contribution in [2.75, 3.05) is 39.5 Å². The van der Waals surface area contributed by atoms with Gasteiger partial charge in [0, 0.05) is 25.2 Å². The first-order valence-corrected chi connectivity index (χ1v) is 7.66. The molecule has 18 heavy (non-hydrogen) atoms. The fourth-order valence-corrected chi connectivity index (χ4v) is 1.77. The molecular weight excluding hydrogens is 248 g/mol. The summed E-state index contributed by atoms with van der Waals surface area (Å²) in [6, 6.07) is 0. The molecule has 0 radical (unpaired) electrons. The lowest BCUT2D eigenvalue weighted by molar-refractivity contribution is -0.131. The third kappa shape index (κ3) is 6.07. The lowest BCUT2D eigenvalue weighted by Gasteiger charge is -2.34. The second-order valence-electron chi connectivity index (χ2n) is 5.52. The van der Waals surface area contributed by atoms with Crippen molar-refractivity contribution in [3.05, 3.63) is 0 Å². The van der Waals surface area contributed by atoms with Gasteiger partial charge in [-0.2, -0.15) is 11.8 Å². The van der Waals surface area contributed by atoms with Gasteiger partial charge in [-0.05, 0) is 41.0 Å². The number of thioether (sulfide) groups is 1. The van der Waals surface area contributed by atoms with Crippen LogP contribution in [0.15, 0.2) is 0 Å². The molecule has 0 aliphatic heterocycles. The Hall–Kier alpha value is -0.260. The van der Waals surface area contributed by atoms with Crippen LogP contribution in [0.1, 0.15) is 27.7 Å². The molecule has 0 fully saturated rings. The van der Waals surface area contributed by atoms with Gasteiger partial charge in [-0.25, -0.2) is 0 Å². The smallest absolute Gasteiger partial charge is 0.235 e. The van der Waals surface area contributed by atoms with Gasteiger partial charge >= 0.3 is 0 Å². The van der Waals surface area contributed by atoms with Gasteiger partial charge in [0.15, 0.2) is 0 Å². The van der Waals surface area contributed by atoms with E-state index in [9.17, 15) is 4.79 Å². The van der Waals surface area contributed by atoms with E-state index in [1.807, 2.05) is 13.2 Å². The zero-order chi connectivity index (χ0) is 14.3. The van der Waals surface area contributed by atoms with E-state index >= 15 is 0 Å². The van der Waals surface area contributed by atoms with Crippen LogP contribution in [0.5, 0.6) is 0 Å². The van der Waals surface area contributed by atoms with Crippen LogP contribution >= 0.6 is 11.8 Å². The molecule has 108 valence electrons. The molecule has 0 heterocycles. The minimum atomic E-state index is -0.0449. The Morgan fingerprint density at radius 1 is 1.28 bits per heavy atom. The Bertz CT molecular complexity index is 254. The highest BCUT2D eigenvalue weighted by molar-refractivity contribution is 7.99. The average molecular weight is 276 g/mol. The van der Waals surface area contributed by atoms with Gasteiger partial charge in [0.2, 0.25) is 5.91 Å². The number of carbonyl (C=O) groups is 1. The van der Waals surface area contributed by atoms with Gasteiger partial charge in [-0.15, -0.1) is 0 Å². The quantitative estimate of drug-likeness (QED) is 0.761. The van der Waals surface area contributed by atoms with Crippen LogP contribution in [0, 0.1) is 0 Å². The van der Waals surface area contributed by atoms with Crippen LogP contribution in [-0.4, -0.2) is 71.1 Å². The fourth-order valence-electron chi connectivity index (χ4n) is 1.42. The number of hydrogen-bond acceptors (Lipinski definition) is 4. The zero-order valence-corrected chi connectivity index (χ0v) is 13.4. The number of aliphatic hydroxyl groups excluding tert-OH is 1. The van der Waals surface area contributed by atoms with Gasteiger partial charge in [-0.3, -0.25) is 9.69 Å². The number of rotatable bonds is 7. The normalized spacial score (nSPS) is 13.8. The van der Waals surface area contributed by atoms with E-state index in [4.69, 9.17) is 5.11 Å². The highest BCUT2D eigenvalue weighted by atomic mass is 32.2. The molecule has 0 spiro atoms. The number of amides is 1. The molecule has 1 atom stereocenters. The van der Waals surface area contributed by atoms with E-state index in [2.05, 4.69) is 32.7 Å². The van der Waals surface area contributed by atoms with Crippen molar-refractivity contribution in [2.45, 2.75) is 38.5 Å². The maximum Gasteiger partial charge on any atom is 0.235 e. The minimum Gasteiger partial charge on any atom is -0.395 e. The molecule has 0 aromatic rings. The summed E-state index contributed by atoms with van der Waals surface area (Å²) in [5, 5.41) is 9.01. The van der Waals surface area contributed by atoms with Crippen molar-refractivity contribution >= 4 is 17.7 Å². The Kier molecular flexibility index (Phi) is 7.90. The number of carbonyl (C=O) groups excluding carboxylic acids is 1. The van der Waals surface area contributed by atoms with Crippen LogP contribution in [0.2, 0.25) is 0 Å². The van der Waals surface area contributed by atoms with Crippen molar-refractivity contribution in [3.63, 3.8) is 0 Å². The molecule has 1 N–H and O–H groups in total. The average Bonchev–Trinajstić information content (AvgIpc) is 2.30. The first-order chi connectivity index (χ1) is 8.23. The third-order valence-corrected chi connectivity index (χ3v) is 4.14. The molecule has 0 aromatic heterocycles. The van der Waals surface area contributed by atoms with E-state index in [1.165, 1.54) is 0 Å². The Morgan fingerprint density at radius 3 is 2.22 bits per heavy atom. The lowest BCUT2D eigenvalue weighted by Crippen LogP contribution is -2.46. The van der Waals surface area contributed by atoms with Gasteiger partial charge < -0.3 is 10.0 Å². The number of likely N-dealkylation sites (N-methyl/N-ethyl adjacent to an activating group) is 1. The molecule has 0 saturated carbocycles. The molecule has 0 aromatic carbocycles. The summed E-state index contributed by atoms with van der Waals surface area (Å²) in [6.45, 7) is 10.3. The molecule has 4 nitrogen and oxygen atoms in total. The molecule has 1 amide bonds. The van der Waals surface area contributed by atoms with E-state index in [0.717, 1.165) is 6.54 Å². The summed E-state index contributed by atoms with van der Waals surface area (Å²) in [7, 11) is 2.06. The number of aliphatic hydroxyl groups is 1. The van der Waals surface area contributed by atoms with Crippen LogP contribution in [0.3, 0.4) is 0 Å². The summed E-state index contributed by atoms with van der Waals surface area (Å²) in [5.74, 6) is 0.110. The Labute approximate surface area is 116 Å². The van der Waals surface area contributed by atoms with Gasteiger partial charge in [0.05, 0.1) is 11.9 Å². The molecular formula is C13H28N2O2S. The van der Waals surface area contributed by atoms with E-state index < -0.39 is 0 Å². The first-order valence-electron chi connectivity index (χ1n) is 6.37. The van der Waals surface area contributed by atoms with Crippen molar-refractivity contribution in [1.82, 2.24) is 9.80 Å². The van der Waals surface area contributed by atoms with Crippen LogP contribution in [-0.2, 0) is 4.79 Å². The second-order valence-corrected chi connectivity index (χ2v) is 6.70. The summed E-state index contributed by atoms with van der Waals surface area (Å²) >= 11 is 1.54. The molecule has 0 aliphatic rings. The van der Waals surface area contributed by atoms with Gasteiger partial charge in [-0.1, -0.05) is 0 Å². The molecule has 0 aliphatic carbocycles. The van der Waals surface area contributed by atoms with Crippen LogP contribution in [0.4, 0.5) is 0 Å². The summed E-state index contributed by atoms with van der Waals surface area (Å²) in [4.78, 5) is 16.1. The minimum absolute atomic E-state index is 0.0199. The summed E-state index contributed by atoms with van der Waals surface area (Å²) < 4.78 is 0. The van der Waals surface area contributed by atoms with Crippen LogP contribution in [0.25, 0.3) is 0 Å². The molecule has 5 heteroatoms. The number of nitrogens with zero attached hydrogens (tertiary/aromatic N) is 2. The van der Waals surface area contributed by atoms with E-state index in [0.29, 0.717) is 13.1 Å². The highest BCUT2D eigenvalue weighted by Crippen LogP contribution is 2.12. The van der Waals surface area contributed by atoms with Crippen molar-refractivity contribution < 1.29 is 9.90 Å². The molecule has 0 bridgehead atoms. The maximum atomic E-state index is 12.1. The first kappa shape index (κ1) is 17.7. The monoisotopic (exact) mass is 276 g/mol. The highest BCUT2D eigenvalue weighted by Gasteiger charge is 2.22. The van der Waals surface area contributed by atoms with Crippen molar-refractivity contribution in [3.8, 4) is 0 Å². The molecule has 0 saturated heterocycles. The lowest BCUT2D eigenvalue weighted by atomic mass is 10.1. The number of hydrogen-bond donors (Lipinski definition) is 1. The van der Waals surface area contributed by atoms with E-state index in [1.54, 1.807) is 16.7 Å². The maximum absolute atomic E-state index is 12.1. The standard InChI is InChI=1S/C13H28N2O2S/c1-11(18-6)12(17)15(9-10-16)8-7-14(5)13(2,3)4/h11,16H,7-10H2,1-6H3. The topological polar surface area (TPSA) is 43.8 Å².